The normalized spacial score (nSPS) is 22.1. The maximum atomic E-state index is 14.1. The number of nitrogens with one attached hydrogen (secondary N) is 2. The number of nitrogens with zero attached hydrogens (tertiary/aromatic N) is 5. The molecule has 6 rings (SSSR count). The molecule has 3 saturated heterocycles. The predicted molar refractivity (Wildman–Crippen MR) is 198 cm³/mol. The number of amides is 3. The van der Waals surface area contributed by atoms with E-state index in [2.05, 4.69) is 30.5 Å². The number of hydrogen-bond acceptors (Lipinski definition) is 11. The van der Waals surface area contributed by atoms with E-state index in [-0.39, 0.29) is 66.9 Å². The molecule has 308 valence electrons. The largest absolute Gasteiger partial charge is 0.481 e. The molecule has 2 aromatic rings. The van der Waals surface area contributed by atoms with Gasteiger partial charge >= 0.3 is 18.1 Å². The Bertz CT molecular complexity index is 1710. The van der Waals surface area contributed by atoms with Crippen molar-refractivity contribution in [3.63, 3.8) is 0 Å². The molecule has 1 saturated carbocycles. The molecule has 2 bridgehead atoms. The number of halogens is 3. The molecule has 4 fully saturated rings. The van der Waals surface area contributed by atoms with Crippen LogP contribution in [-0.4, -0.2) is 104 Å². The number of hydrogen-bond donors (Lipinski definition) is 3. The Hall–Kier alpha value is -4.19. The van der Waals surface area contributed by atoms with E-state index in [0.29, 0.717) is 23.3 Å². The van der Waals surface area contributed by atoms with Crippen LogP contribution in [0, 0.1) is 23.7 Å². The number of fused-ring (bicyclic) bond motifs is 3. The Morgan fingerprint density at radius 2 is 1.70 bits per heavy atom. The summed E-state index contributed by atoms with van der Waals surface area (Å²) in [4.78, 5) is 81.0. The minimum Gasteiger partial charge on any atom is -0.481 e. The quantitative estimate of drug-likeness (QED) is 0.178. The van der Waals surface area contributed by atoms with Gasteiger partial charge in [0.2, 0.25) is 11.8 Å². The second-order valence-electron chi connectivity index (χ2n) is 15.8. The number of aromatic nitrogens is 3. The van der Waals surface area contributed by atoms with Crippen molar-refractivity contribution in [1.29, 1.82) is 0 Å². The van der Waals surface area contributed by atoms with Gasteiger partial charge in [0.1, 0.15) is 22.6 Å². The fourth-order valence-electron chi connectivity index (χ4n) is 7.69. The molecule has 14 nitrogen and oxygen atoms in total. The number of carboxylic acids is 1. The fourth-order valence-corrected chi connectivity index (χ4v) is 8.53. The van der Waals surface area contributed by atoms with E-state index in [4.69, 9.17) is 4.74 Å². The van der Waals surface area contributed by atoms with Crippen LogP contribution >= 0.6 is 11.3 Å². The minimum absolute atomic E-state index is 0.00454. The van der Waals surface area contributed by atoms with Crippen LogP contribution in [0.2, 0.25) is 0 Å². The van der Waals surface area contributed by atoms with Crippen LogP contribution in [0.25, 0.3) is 0 Å². The Labute approximate surface area is 328 Å². The first-order valence-corrected chi connectivity index (χ1v) is 20.1. The van der Waals surface area contributed by atoms with Crippen molar-refractivity contribution in [2.24, 2.45) is 23.7 Å². The maximum Gasteiger partial charge on any atom is 0.419 e. The van der Waals surface area contributed by atoms with E-state index in [9.17, 15) is 42.3 Å². The van der Waals surface area contributed by atoms with Gasteiger partial charge in [0, 0.05) is 56.7 Å². The first kappa shape index (κ1) is 42.9. The molecule has 3 N–H and O–H groups in total. The van der Waals surface area contributed by atoms with Crippen LogP contribution < -0.4 is 10.6 Å². The highest BCUT2D eigenvalue weighted by molar-refractivity contribution is 7.09. The molecular formula is C38H52F3N7O7S. The van der Waals surface area contributed by atoms with Gasteiger partial charge in [0.15, 0.2) is 6.10 Å². The van der Waals surface area contributed by atoms with Gasteiger partial charge in [0.05, 0.1) is 17.5 Å². The van der Waals surface area contributed by atoms with Crippen molar-refractivity contribution in [2.75, 3.05) is 20.1 Å². The van der Waals surface area contributed by atoms with E-state index in [1.807, 2.05) is 13.8 Å². The Morgan fingerprint density at radius 3 is 2.23 bits per heavy atom. The number of likely N-dealkylation sites (N-methyl/N-ethyl adjacent to an activating group) is 1. The van der Waals surface area contributed by atoms with Crippen LogP contribution in [0.4, 0.5) is 13.2 Å². The van der Waals surface area contributed by atoms with Crippen molar-refractivity contribution in [1.82, 2.24) is 35.4 Å². The minimum atomic E-state index is -4.60. The summed E-state index contributed by atoms with van der Waals surface area (Å²) >= 11 is 1.09. The summed E-state index contributed by atoms with van der Waals surface area (Å²) in [7, 11) is 1.69. The fraction of sp³-hybridized carbons (Fsp3) is 0.684. The van der Waals surface area contributed by atoms with Crippen LogP contribution in [-0.2, 0) is 36.5 Å². The second-order valence-corrected chi connectivity index (χ2v) is 16.7. The molecule has 0 radical (unpaired) electrons. The molecular weight excluding hydrogens is 756 g/mol. The van der Waals surface area contributed by atoms with Gasteiger partial charge in [0.25, 0.3) is 5.91 Å². The average Bonchev–Trinajstić information content (AvgIpc) is 3.88. The molecule has 5 heterocycles. The standard InChI is InChI=1S/C38H52F3N7O7S/c1-20(2)28(47(5)36(52)32(24-6-7-24)46-34(51)29-15-23-10-12-48(29)13-11-23)16-30(55-22(4)49)35-45-27(19-56-35)33(50)44-26(14-21(3)37(53)54)8-9-31-42-17-25(18-43-31)38(39,40)41/h17-21,23-24,26,28-30,32H,6-16H2,1-5H3,(H,44,50)(H,46,51)(H,53,54)/t21-,26-,28+,29+,30+,32-/m0/s1. The Balaban J connectivity index is 1.26. The van der Waals surface area contributed by atoms with Gasteiger partial charge in [-0.25, -0.2) is 15.0 Å². The molecule has 0 unspecified atom stereocenters. The highest BCUT2D eigenvalue weighted by Gasteiger charge is 2.44. The molecule has 3 amide bonds. The predicted octanol–water partition coefficient (Wildman–Crippen LogP) is 4.65. The third kappa shape index (κ3) is 11.2. The molecule has 6 atom stereocenters. The zero-order valence-electron chi connectivity index (χ0n) is 32.4. The van der Waals surface area contributed by atoms with Crippen LogP contribution in [0.1, 0.15) is 112 Å². The topological polar surface area (TPSA) is 184 Å². The molecule has 4 aliphatic rings. The van der Waals surface area contributed by atoms with E-state index in [1.54, 1.807) is 11.9 Å². The Kier molecular flexibility index (Phi) is 14.1. The van der Waals surface area contributed by atoms with Crippen molar-refractivity contribution < 1.29 is 47.0 Å². The number of piperidine rings is 3. The van der Waals surface area contributed by atoms with Crippen LogP contribution in [0.3, 0.4) is 0 Å². The van der Waals surface area contributed by atoms with E-state index < -0.39 is 59.7 Å². The summed E-state index contributed by atoms with van der Waals surface area (Å²) < 4.78 is 44.6. The zero-order chi connectivity index (χ0) is 40.9. The first-order chi connectivity index (χ1) is 26.4. The van der Waals surface area contributed by atoms with E-state index >= 15 is 0 Å². The number of esters is 1. The summed E-state index contributed by atoms with van der Waals surface area (Å²) in [5.41, 5.74) is -1.00. The van der Waals surface area contributed by atoms with Gasteiger partial charge in [-0.05, 0) is 75.8 Å². The number of alkyl halides is 3. The SMILES string of the molecule is CC(=O)O[C@H](C[C@H](C(C)C)N(C)C(=O)[C@@H](NC(=O)[C@H]1CC2CCN1CC2)C1CC1)c1nc(C(=O)N[C@@H](CCc2ncc(C(F)(F)F)cn2)C[C@H](C)C(=O)O)cs1. The zero-order valence-corrected chi connectivity index (χ0v) is 33.2. The first-order valence-electron chi connectivity index (χ1n) is 19.3. The van der Waals surface area contributed by atoms with Crippen molar-refractivity contribution >= 4 is 41.0 Å². The average molecular weight is 808 g/mol. The van der Waals surface area contributed by atoms with Gasteiger partial charge in [-0.2, -0.15) is 13.2 Å². The summed E-state index contributed by atoms with van der Waals surface area (Å²) in [6, 6.07) is -2.05. The lowest BCUT2D eigenvalue weighted by Gasteiger charge is -2.45. The monoisotopic (exact) mass is 807 g/mol. The molecule has 56 heavy (non-hydrogen) atoms. The third-order valence-electron chi connectivity index (χ3n) is 11.2. The molecule has 18 heteroatoms. The maximum absolute atomic E-state index is 14.1. The molecule has 0 aromatic carbocycles. The van der Waals surface area contributed by atoms with Crippen molar-refractivity contribution in [3.05, 3.63) is 39.9 Å². The number of ether oxygens (including phenoxy) is 1. The summed E-state index contributed by atoms with van der Waals surface area (Å²) in [5, 5.41) is 17.2. The lowest BCUT2D eigenvalue weighted by atomic mass is 9.83. The smallest absolute Gasteiger partial charge is 0.419 e. The van der Waals surface area contributed by atoms with E-state index in [1.165, 1.54) is 19.2 Å². The number of thiazole rings is 1. The van der Waals surface area contributed by atoms with Gasteiger partial charge in [-0.3, -0.25) is 28.9 Å². The van der Waals surface area contributed by atoms with Crippen LogP contribution in [0.15, 0.2) is 17.8 Å². The molecule has 3 aliphatic heterocycles. The van der Waals surface area contributed by atoms with Gasteiger partial charge in [-0.15, -0.1) is 11.3 Å². The molecule has 1 aliphatic carbocycles. The third-order valence-corrected chi connectivity index (χ3v) is 12.1. The highest BCUT2D eigenvalue weighted by Crippen LogP contribution is 2.37. The number of rotatable bonds is 18. The lowest BCUT2D eigenvalue weighted by Crippen LogP contribution is -2.59. The Morgan fingerprint density at radius 1 is 1.04 bits per heavy atom. The number of aliphatic carboxylic acids is 1. The number of carbonyl (C=O) groups excluding carboxylic acids is 4. The summed E-state index contributed by atoms with van der Waals surface area (Å²) in [6.45, 7) is 8.42. The molecule has 2 aromatic heterocycles. The van der Waals surface area contributed by atoms with E-state index in [0.717, 1.165) is 56.5 Å². The van der Waals surface area contributed by atoms with Crippen LogP contribution in [0.5, 0.6) is 0 Å². The van der Waals surface area contributed by atoms with Crippen molar-refractivity contribution in [2.45, 2.75) is 122 Å². The second kappa shape index (κ2) is 18.4. The van der Waals surface area contributed by atoms with Gasteiger partial charge < -0.3 is 25.4 Å². The lowest BCUT2D eigenvalue weighted by molar-refractivity contribution is -0.149. The highest BCUT2D eigenvalue weighted by atomic mass is 32.1. The molecule has 0 spiro atoms. The summed E-state index contributed by atoms with van der Waals surface area (Å²) in [6.07, 6.45) is 0.911. The van der Waals surface area contributed by atoms with Crippen molar-refractivity contribution in [3.8, 4) is 0 Å². The number of aryl methyl sites for hydroxylation is 1. The number of carbonyl (C=O) groups is 5. The van der Waals surface area contributed by atoms with Gasteiger partial charge in [-0.1, -0.05) is 20.8 Å². The summed E-state index contributed by atoms with van der Waals surface area (Å²) in [5.74, 6) is -2.86. The number of carboxylic acid groups (broad SMARTS) is 1.